The van der Waals surface area contributed by atoms with Crippen LogP contribution in [-0.2, 0) is 0 Å². The fraction of sp³-hybridized carbons (Fsp3) is 0.200. The fourth-order valence-corrected chi connectivity index (χ4v) is 0.486. The number of furan rings is 1. The van der Waals surface area contributed by atoms with Crippen LogP contribution in [0.2, 0.25) is 0 Å². The van der Waals surface area contributed by atoms with Gasteiger partial charge in [0, 0.05) is 6.07 Å². The van der Waals surface area contributed by atoms with Crippen LogP contribution in [0, 0.1) is 0 Å². The Hall–Kier alpha value is -1.06. The predicted molar refractivity (Wildman–Crippen MR) is 28.1 cm³/mol. The summed E-state index contributed by atoms with van der Waals surface area (Å²) in [4.78, 5) is 0. The minimum absolute atomic E-state index is 0.0188. The van der Waals surface area contributed by atoms with Crippen molar-refractivity contribution in [1.82, 2.24) is 0 Å². The van der Waals surface area contributed by atoms with Crippen LogP contribution in [0.1, 0.15) is 12.2 Å². The van der Waals surface area contributed by atoms with E-state index in [9.17, 15) is 8.78 Å². The van der Waals surface area contributed by atoms with Crippen molar-refractivity contribution in [2.24, 2.45) is 0 Å². The average molecular weight is 133 g/mol. The molecule has 1 heterocycles. The first-order valence-electron chi connectivity index (χ1n) is 2.33. The molecule has 50 valence electrons. The fourth-order valence-electron chi connectivity index (χ4n) is 0.486. The first kappa shape index (κ1) is 6.07. The summed E-state index contributed by atoms with van der Waals surface area (Å²) in [7, 11) is 0. The number of alkyl halides is 2. The van der Waals surface area contributed by atoms with E-state index in [-0.39, 0.29) is 11.6 Å². The van der Waals surface area contributed by atoms with Crippen LogP contribution in [0.25, 0.3) is 0 Å². The lowest BCUT2D eigenvalue weighted by Gasteiger charge is -1.88. The lowest BCUT2D eigenvalue weighted by atomic mass is 10.5. The third-order valence-corrected chi connectivity index (χ3v) is 0.863. The Morgan fingerprint density at radius 2 is 2.11 bits per heavy atom. The van der Waals surface area contributed by atoms with Crippen molar-refractivity contribution in [3.8, 4) is 0 Å². The molecule has 0 aromatic carbocycles. The van der Waals surface area contributed by atoms with Gasteiger partial charge in [0.1, 0.15) is 0 Å². The molecule has 0 aliphatic heterocycles. The molecule has 1 aromatic rings. The van der Waals surface area contributed by atoms with Gasteiger partial charge in [0.15, 0.2) is 11.6 Å². The van der Waals surface area contributed by atoms with E-state index >= 15 is 0 Å². The maximum atomic E-state index is 11.6. The summed E-state index contributed by atoms with van der Waals surface area (Å²) in [6.45, 7) is 0. The van der Waals surface area contributed by atoms with Crippen molar-refractivity contribution in [1.29, 1.82) is 0 Å². The van der Waals surface area contributed by atoms with Gasteiger partial charge in [-0.25, -0.2) is 8.78 Å². The Morgan fingerprint density at radius 1 is 1.44 bits per heavy atom. The molecule has 0 saturated heterocycles. The highest BCUT2D eigenvalue weighted by atomic mass is 19.3. The van der Waals surface area contributed by atoms with E-state index in [1.165, 1.54) is 6.07 Å². The molecule has 0 aliphatic rings. The van der Waals surface area contributed by atoms with Gasteiger partial charge in [-0.2, -0.15) is 0 Å². The minimum atomic E-state index is -2.57. The molecule has 0 saturated carbocycles. The van der Waals surface area contributed by atoms with Gasteiger partial charge in [0.25, 0.3) is 6.43 Å². The second-order valence-electron chi connectivity index (χ2n) is 1.54. The molecular weight excluding hydrogens is 128 g/mol. The zero-order valence-electron chi connectivity index (χ0n) is 4.47. The largest absolute Gasteiger partial charge is 0.440 e. The normalized spacial score (nSPS) is 10.6. The standard InChI is InChI=1S/C5H5F2NO/c6-5(7)3-1-2-4(8)9-3/h1-2,5H,8H2. The Bertz CT molecular complexity index is 197. The molecular formula is C5H5F2NO. The van der Waals surface area contributed by atoms with Crippen molar-refractivity contribution < 1.29 is 13.2 Å². The number of hydrogen-bond acceptors (Lipinski definition) is 2. The maximum absolute atomic E-state index is 11.6. The van der Waals surface area contributed by atoms with Crippen molar-refractivity contribution in [3.63, 3.8) is 0 Å². The van der Waals surface area contributed by atoms with Gasteiger partial charge < -0.3 is 10.2 Å². The van der Waals surface area contributed by atoms with Crippen molar-refractivity contribution >= 4 is 5.88 Å². The molecule has 0 aliphatic carbocycles. The van der Waals surface area contributed by atoms with E-state index in [4.69, 9.17) is 5.73 Å². The zero-order chi connectivity index (χ0) is 6.85. The zero-order valence-corrected chi connectivity index (χ0v) is 4.47. The first-order chi connectivity index (χ1) is 4.20. The highest BCUT2D eigenvalue weighted by Crippen LogP contribution is 2.21. The molecule has 1 aromatic heterocycles. The van der Waals surface area contributed by atoms with Crippen LogP contribution in [0.15, 0.2) is 16.5 Å². The van der Waals surface area contributed by atoms with Gasteiger partial charge in [-0.3, -0.25) is 0 Å². The summed E-state index contributed by atoms with van der Waals surface area (Å²) in [5.74, 6) is -0.363. The Kier molecular flexibility index (Phi) is 1.38. The van der Waals surface area contributed by atoms with Crippen LogP contribution in [0.4, 0.5) is 14.7 Å². The lowest BCUT2D eigenvalue weighted by Crippen LogP contribution is -1.79. The Labute approximate surface area is 50.3 Å². The smallest absolute Gasteiger partial charge is 0.295 e. The highest BCUT2D eigenvalue weighted by molar-refractivity contribution is 5.25. The highest BCUT2D eigenvalue weighted by Gasteiger charge is 2.09. The van der Waals surface area contributed by atoms with Crippen LogP contribution in [0.5, 0.6) is 0 Å². The van der Waals surface area contributed by atoms with Gasteiger partial charge >= 0.3 is 0 Å². The van der Waals surface area contributed by atoms with E-state index in [1.807, 2.05) is 0 Å². The molecule has 9 heavy (non-hydrogen) atoms. The van der Waals surface area contributed by atoms with Crippen molar-refractivity contribution in [3.05, 3.63) is 17.9 Å². The minimum Gasteiger partial charge on any atom is -0.440 e. The van der Waals surface area contributed by atoms with Crippen LogP contribution in [-0.4, -0.2) is 0 Å². The summed E-state index contributed by atoms with van der Waals surface area (Å²) in [5, 5.41) is 0. The summed E-state index contributed by atoms with van der Waals surface area (Å²) >= 11 is 0. The SMILES string of the molecule is Nc1ccc(C(F)F)o1. The van der Waals surface area contributed by atoms with Gasteiger partial charge in [-0.1, -0.05) is 0 Å². The molecule has 2 N–H and O–H groups in total. The van der Waals surface area contributed by atoms with E-state index < -0.39 is 6.43 Å². The topological polar surface area (TPSA) is 39.2 Å². The molecule has 0 radical (unpaired) electrons. The monoisotopic (exact) mass is 133 g/mol. The number of anilines is 1. The third kappa shape index (κ3) is 1.19. The molecule has 1 rings (SSSR count). The number of nitrogen functional groups attached to an aromatic ring is 1. The third-order valence-electron chi connectivity index (χ3n) is 0.863. The van der Waals surface area contributed by atoms with E-state index in [2.05, 4.69) is 4.42 Å². The van der Waals surface area contributed by atoms with Crippen molar-refractivity contribution in [2.75, 3.05) is 5.73 Å². The van der Waals surface area contributed by atoms with E-state index in [0.29, 0.717) is 0 Å². The Balaban J connectivity index is 2.85. The number of rotatable bonds is 1. The van der Waals surface area contributed by atoms with E-state index in [1.54, 1.807) is 0 Å². The molecule has 0 bridgehead atoms. The van der Waals surface area contributed by atoms with Gasteiger partial charge in [0.2, 0.25) is 0 Å². The lowest BCUT2D eigenvalue weighted by molar-refractivity contribution is 0.123. The maximum Gasteiger partial charge on any atom is 0.295 e. The molecule has 0 fully saturated rings. The molecule has 0 amide bonds. The van der Waals surface area contributed by atoms with Gasteiger partial charge in [0.05, 0.1) is 0 Å². The summed E-state index contributed by atoms with van der Waals surface area (Å²) in [6.07, 6.45) is -2.57. The molecule has 2 nitrogen and oxygen atoms in total. The summed E-state index contributed by atoms with van der Waals surface area (Å²) in [6, 6.07) is 2.45. The number of nitrogens with two attached hydrogens (primary N) is 1. The number of hydrogen-bond donors (Lipinski definition) is 1. The summed E-state index contributed by atoms with van der Waals surface area (Å²) in [5.41, 5.74) is 5.02. The molecule has 0 unspecified atom stereocenters. The first-order valence-corrected chi connectivity index (χ1v) is 2.33. The second-order valence-corrected chi connectivity index (χ2v) is 1.54. The van der Waals surface area contributed by atoms with Crippen LogP contribution >= 0.6 is 0 Å². The van der Waals surface area contributed by atoms with Crippen LogP contribution < -0.4 is 5.73 Å². The molecule has 0 atom stereocenters. The van der Waals surface area contributed by atoms with E-state index in [0.717, 1.165) is 6.07 Å². The molecule has 4 heteroatoms. The quantitative estimate of drug-likeness (QED) is 0.634. The summed E-state index contributed by atoms with van der Waals surface area (Å²) < 4.78 is 27.6. The second kappa shape index (κ2) is 2.05. The molecule has 0 spiro atoms. The van der Waals surface area contributed by atoms with Crippen LogP contribution in [0.3, 0.4) is 0 Å². The Morgan fingerprint density at radius 3 is 2.33 bits per heavy atom. The van der Waals surface area contributed by atoms with Gasteiger partial charge in [-0.05, 0) is 6.07 Å². The van der Waals surface area contributed by atoms with Crippen molar-refractivity contribution in [2.45, 2.75) is 6.43 Å². The predicted octanol–water partition coefficient (Wildman–Crippen LogP) is 1.80. The van der Waals surface area contributed by atoms with Gasteiger partial charge in [-0.15, -0.1) is 0 Å². The average Bonchev–Trinajstić information content (AvgIpc) is 2.14. The number of halogens is 2.